The highest BCUT2D eigenvalue weighted by atomic mass is 15.1. The zero-order valence-electron chi connectivity index (χ0n) is 8.88. The normalized spacial score (nSPS) is 11.1. The molecule has 3 heterocycles. The summed E-state index contributed by atoms with van der Waals surface area (Å²) < 4.78 is 2.10. The van der Waals surface area contributed by atoms with Crippen LogP contribution in [-0.2, 0) is 6.54 Å². The van der Waals surface area contributed by atoms with Crippen LogP contribution < -0.4 is 0 Å². The van der Waals surface area contributed by atoms with Crippen molar-refractivity contribution in [3.8, 4) is 11.3 Å². The van der Waals surface area contributed by atoms with Crippen molar-refractivity contribution in [2.45, 2.75) is 13.5 Å². The fraction of sp³-hybridized carbons (Fsp3) is 0.182. The number of fused-ring (bicyclic) bond motifs is 1. The molecular formula is C11H11N5. The molecule has 0 aromatic carbocycles. The minimum Gasteiger partial charge on any atom is -0.333 e. The molecule has 1 N–H and O–H groups in total. The van der Waals surface area contributed by atoms with E-state index in [1.54, 1.807) is 12.5 Å². The van der Waals surface area contributed by atoms with Crippen LogP contribution in [0.2, 0.25) is 0 Å². The minimum absolute atomic E-state index is 0.908. The van der Waals surface area contributed by atoms with Crippen LogP contribution in [0.15, 0.2) is 31.0 Å². The lowest BCUT2D eigenvalue weighted by Crippen LogP contribution is -1.94. The molecule has 16 heavy (non-hydrogen) atoms. The number of H-pyrrole nitrogens is 1. The molecular weight excluding hydrogens is 202 g/mol. The molecule has 0 radical (unpaired) electrons. The molecule has 0 fully saturated rings. The van der Waals surface area contributed by atoms with E-state index in [1.807, 2.05) is 18.5 Å². The van der Waals surface area contributed by atoms with Crippen molar-refractivity contribution in [3.63, 3.8) is 0 Å². The van der Waals surface area contributed by atoms with Crippen molar-refractivity contribution in [2.75, 3.05) is 0 Å². The first kappa shape index (κ1) is 9.08. The molecule has 0 amide bonds. The van der Waals surface area contributed by atoms with E-state index in [1.165, 1.54) is 0 Å². The van der Waals surface area contributed by atoms with E-state index in [9.17, 15) is 0 Å². The molecule has 0 atom stereocenters. The lowest BCUT2D eigenvalue weighted by atomic mass is 10.2. The van der Waals surface area contributed by atoms with Crippen LogP contribution in [0.1, 0.15) is 6.92 Å². The van der Waals surface area contributed by atoms with Crippen molar-refractivity contribution < 1.29 is 0 Å². The number of aryl methyl sites for hydroxylation is 1. The average Bonchev–Trinajstić information content (AvgIpc) is 2.97. The predicted molar refractivity (Wildman–Crippen MR) is 60.8 cm³/mol. The van der Waals surface area contributed by atoms with Gasteiger partial charge in [-0.25, -0.2) is 9.97 Å². The maximum Gasteiger partial charge on any atom is 0.143 e. The van der Waals surface area contributed by atoms with Crippen LogP contribution in [0.5, 0.6) is 0 Å². The topological polar surface area (TPSA) is 59.4 Å². The summed E-state index contributed by atoms with van der Waals surface area (Å²) in [4.78, 5) is 8.62. The molecule has 0 aliphatic heterocycles. The monoisotopic (exact) mass is 213 g/mol. The predicted octanol–water partition coefficient (Wildman–Crippen LogP) is 1.84. The molecule has 0 bridgehead atoms. The largest absolute Gasteiger partial charge is 0.333 e. The highest BCUT2D eigenvalue weighted by Crippen LogP contribution is 2.24. The van der Waals surface area contributed by atoms with Gasteiger partial charge in [-0.15, -0.1) is 0 Å². The van der Waals surface area contributed by atoms with Crippen LogP contribution in [-0.4, -0.2) is 24.7 Å². The Labute approximate surface area is 92.2 Å². The molecule has 0 unspecified atom stereocenters. The smallest absolute Gasteiger partial charge is 0.143 e. The molecule has 80 valence electrons. The van der Waals surface area contributed by atoms with Gasteiger partial charge in [0.05, 0.1) is 11.9 Å². The first-order chi connectivity index (χ1) is 7.90. The van der Waals surface area contributed by atoms with E-state index in [2.05, 4.69) is 31.7 Å². The molecule has 3 aromatic rings. The third-order valence-electron chi connectivity index (χ3n) is 2.67. The summed E-state index contributed by atoms with van der Waals surface area (Å²) in [6.07, 6.45) is 7.23. The third kappa shape index (κ3) is 1.21. The van der Waals surface area contributed by atoms with Crippen LogP contribution in [0.3, 0.4) is 0 Å². The fourth-order valence-corrected chi connectivity index (χ4v) is 1.87. The van der Waals surface area contributed by atoms with Crippen molar-refractivity contribution >= 4 is 11.0 Å². The van der Waals surface area contributed by atoms with E-state index in [0.717, 1.165) is 28.8 Å². The molecule has 5 nitrogen and oxygen atoms in total. The van der Waals surface area contributed by atoms with Crippen LogP contribution in [0.4, 0.5) is 0 Å². The van der Waals surface area contributed by atoms with E-state index in [0.29, 0.717) is 0 Å². The molecule has 0 aliphatic rings. The number of hydrogen-bond acceptors (Lipinski definition) is 3. The molecule has 0 saturated heterocycles. The Bertz CT molecular complexity index is 608. The Morgan fingerprint density at radius 3 is 3.06 bits per heavy atom. The highest BCUT2D eigenvalue weighted by molar-refractivity contribution is 5.90. The Balaban J connectivity index is 2.30. The Morgan fingerprint density at radius 2 is 2.31 bits per heavy atom. The van der Waals surface area contributed by atoms with E-state index < -0.39 is 0 Å². The summed E-state index contributed by atoms with van der Waals surface area (Å²) in [5.74, 6) is 0. The Hall–Kier alpha value is -2.17. The van der Waals surface area contributed by atoms with E-state index in [-0.39, 0.29) is 0 Å². The molecule has 5 heteroatoms. The van der Waals surface area contributed by atoms with Gasteiger partial charge in [0.1, 0.15) is 12.0 Å². The number of aromatic nitrogens is 5. The van der Waals surface area contributed by atoms with E-state index >= 15 is 0 Å². The first-order valence-electron chi connectivity index (χ1n) is 5.19. The molecule has 0 aliphatic carbocycles. The summed E-state index contributed by atoms with van der Waals surface area (Å²) in [7, 11) is 0. The summed E-state index contributed by atoms with van der Waals surface area (Å²) in [6, 6.07) is 2.04. The third-order valence-corrected chi connectivity index (χ3v) is 2.67. The van der Waals surface area contributed by atoms with Crippen LogP contribution >= 0.6 is 0 Å². The lowest BCUT2D eigenvalue weighted by Gasteiger charge is -2.01. The molecule has 0 saturated carbocycles. The summed E-state index contributed by atoms with van der Waals surface area (Å²) in [5, 5.41) is 7.80. The van der Waals surface area contributed by atoms with Gasteiger partial charge >= 0.3 is 0 Å². The second-order valence-corrected chi connectivity index (χ2v) is 3.55. The summed E-state index contributed by atoms with van der Waals surface area (Å²) >= 11 is 0. The lowest BCUT2D eigenvalue weighted by molar-refractivity contribution is 0.786. The standard InChI is InChI=1S/C11H11N5/c1-2-16-4-3-9-10(8-5-14-15-6-8)12-7-13-11(9)16/h3-7H,2H2,1H3,(H,14,15). The van der Waals surface area contributed by atoms with Gasteiger partial charge < -0.3 is 4.57 Å². The summed E-state index contributed by atoms with van der Waals surface area (Å²) in [6.45, 7) is 3.00. The first-order valence-corrected chi connectivity index (χ1v) is 5.19. The van der Waals surface area contributed by atoms with Crippen molar-refractivity contribution in [3.05, 3.63) is 31.0 Å². The van der Waals surface area contributed by atoms with Gasteiger partial charge in [0.2, 0.25) is 0 Å². The van der Waals surface area contributed by atoms with Gasteiger partial charge in [-0.1, -0.05) is 0 Å². The number of aromatic amines is 1. The second kappa shape index (κ2) is 3.44. The van der Waals surface area contributed by atoms with Gasteiger partial charge in [0, 0.05) is 29.9 Å². The van der Waals surface area contributed by atoms with Crippen molar-refractivity contribution in [2.24, 2.45) is 0 Å². The van der Waals surface area contributed by atoms with Gasteiger partial charge in [0.25, 0.3) is 0 Å². The van der Waals surface area contributed by atoms with Crippen molar-refractivity contribution in [1.29, 1.82) is 0 Å². The van der Waals surface area contributed by atoms with Crippen LogP contribution in [0.25, 0.3) is 22.3 Å². The minimum atomic E-state index is 0.908. The zero-order valence-corrected chi connectivity index (χ0v) is 8.88. The summed E-state index contributed by atoms with van der Waals surface area (Å²) in [5.41, 5.74) is 2.88. The highest BCUT2D eigenvalue weighted by Gasteiger charge is 2.09. The Kier molecular flexibility index (Phi) is 1.96. The van der Waals surface area contributed by atoms with Crippen LogP contribution in [0, 0.1) is 0 Å². The van der Waals surface area contributed by atoms with Gasteiger partial charge in [-0.05, 0) is 13.0 Å². The second-order valence-electron chi connectivity index (χ2n) is 3.55. The molecule has 3 aromatic heterocycles. The zero-order chi connectivity index (χ0) is 11.0. The maximum atomic E-state index is 4.31. The average molecular weight is 213 g/mol. The van der Waals surface area contributed by atoms with Crippen molar-refractivity contribution in [1.82, 2.24) is 24.7 Å². The fourth-order valence-electron chi connectivity index (χ4n) is 1.87. The van der Waals surface area contributed by atoms with Gasteiger partial charge in [-0.2, -0.15) is 5.10 Å². The Morgan fingerprint density at radius 1 is 1.38 bits per heavy atom. The maximum absolute atomic E-state index is 4.31. The quantitative estimate of drug-likeness (QED) is 0.706. The van der Waals surface area contributed by atoms with E-state index in [4.69, 9.17) is 0 Å². The number of hydrogen-bond donors (Lipinski definition) is 1. The number of nitrogens with zero attached hydrogens (tertiary/aromatic N) is 4. The SMILES string of the molecule is CCn1ccc2c(-c3cn[nH]c3)ncnc21. The van der Waals surface area contributed by atoms with Gasteiger partial charge in [-0.3, -0.25) is 5.10 Å². The molecule has 3 rings (SSSR count). The number of rotatable bonds is 2. The number of nitrogens with one attached hydrogen (secondary N) is 1. The van der Waals surface area contributed by atoms with Gasteiger partial charge in [0.15, 0.2) is 0 Å². The molecule has 0 spiro atoms.